The number of carbonyl (C=O) groups is 1. The topological polar surface area (TPSA) is 48.0 Å². The molecule has 1 heterocycles. The number of nitrogens with zero attached hydrogens (tertiary/aromatic N) is 1. The van der Waals surface area contributed by atoms with E-state index in [9.17, 15) is 4.79 Å². The van der Waals surface area contributed by atoms with Crippen molar-refractivity contribution in [1.82, 2.24) is 0 Å². The summed E-state index contributed by atoms with van der Waals surface area (Å²) in [4.78, 5) is 15.0. The second-order valence-electron chi connectivity index (χ2n) is 5.65. The third-order valence-corrected chi connectivity index (χ3v) is 5.59. The van der Waals surface area contributed by atoms with Gasteiger partial charge in [-0.3, -0.25) is 9.69 Å². The Morgan fingerprint density at radius 1 is 1.18 bits per heavy atom. The first-order valence-electron chi connectivity index (χ1n) is 8.41. The van der Waals surface area contributed by atoms with Gasteiger partial charge >= 0.3 is 0 Å². The van der Waals surface area contributed by atoms with Gasteiger partial charge in [-0.15, -0.1) is 0 Å². The number of anilines is 1. The number of amides is 1. The summed E-state index contributed by atoms with van der Waals surface area (Å²) < 4.78 is 16.7. The minimum absolute atomic E-state index is 0.221. The maximum absolute atomic E-state index is 13.0. The summed E-state index contributed by atoms with van der Waals surface area (Å²) in [6.07, 6.45) is 1.76. The first-order valence-corrected chi connectivity index (χ1v) is 10.0. The molecule has 1 aliphatic heterocycles. The second kappa shape index (κ2) is 8.86. The zero-order chi connectivity index (χ0) is 20.3. The summed E-state index contributed by atoms with van der Waals surface area (Å²) in [7, 11) is 3.11. The van der Waals surface area contributed by atoms with E-state index in [1.54, 1.807) is 31.4 Å². The highest BCUT2D eigenvalue weighted by atomic mass is 35.5. The lowest BCUT2D eigenvalue weighted by atomic mass is 10.1. The van der Waals surface area contributed by atoms with Gasteiger partial charge in [0.1, 0.15) is 5.75 Å². The molecule has 1 amide bonds. The van der Waals surface area contributed by atoms with E-state index in [2.05, 4.69) is 0 Å². The molecule has 1 fully saturated rings. The van der Waals surface area contributed by atoms with Crippen LogP contribution in [0.4, 0.5) is 5.69 Å². The number of methoxy groups -OCH3 is 2. The smallest absolute Gasteiger partial charge is 0.270 e. The minimum Gasteiger partial charge on any atom is -0.495 e. The summed E-state index contributed by atoms with van der Waals surface area (Å²) in [5.41, 5.74) is 1.34. The maximum Gasteiger partial charge on any atom is 0.270 e. The van der Waals surface area contributed by atoms with Gasteiger partial charge in [-0.25, -0.2) is 0 Å². The number of benzene rings is 2. The van der Waals surface area contributed by atoms with Crippen LogP contribution in [0, 0.1) is 0 Å². The van der Waals surface area contributed by atoms with E-state index in [-0.39, 0.29) is 5.91 Å². The first kappa shape index (κ1) is 20.5. The first-order chi connectivity index (χ1) is 13.5. The van der Waals surface area contributed by atoms with Gasteiger partial charge in [-0.05, 0) is 37.3 Å². The van der Waals surface area contributed by atoms with Crippen molar-refractivity contribution >= 4 is 57.6 Å². The fourth-order valence-electron chi connectivity index (χ4n) is 2.73. The minimum atomic E-state index is -0.221. The quantitative estimate of drug-likeness (QED) is 0.461. The molecule has 0 unspecified atom stereocenters. The number of thiocarbonyl (C=S) groups is 1. The molecule has 0 spiro atoms. The highest BCUT2D eigenvalue weighted by molar-refractivity contribution is 8.27. The number of carbonyl (C=O) groups excluding carboxylic acids is 1. The predicted octanol–water partition coefficient (Wildman–Crippen LogP) is 5.16. The lowest BCUT2D eigenvalue weighted by Gasteiger charge is -2.16. The third-order valence-electron chi connectivity index (χ3n) is 3.99. The molecule has 0 saturated carbocycles. The lowest BCUT2D eigenvalue weighted by Crippen LogP contribution is -2.27. The number of hydrogen-bond donors (Lipinski definition) is 0. The number of ether oxygens (including phenoxy) is 3. The number of para-hydroxylation sites is 1. The predicted molar refractivity (Wildman–Crippen MR) is 118 cm³/mol. The van der Waals surface area contributed by atoms with Crippen molar-refractivity contribution in [2.45, 2.75) is 6.92 Å². The van der Waals surface area contributed by atoms with Gasteiger partial charge in [-0.2, -0.15) is 0 Å². The van der Waals surface area contributed by atoms with E-state index in [0.717, 1.165) is 5.56 Å². The zero-order valence-electron chi connectivity index (χ0n) is 15.5. The van der Waals surface area contributed by atoms with Crippen molar-refractivity contribution < 1.29 is 19.0 Å². The molecule has 5 nitrogen and oxygen atoms in total. The van der Waals surface area contributed by atoms with Crippen LogP contribution in [0.2, 0.25) is 5.02 Å². The highest BCUT2D eigenvalue weighted by Gasteiger charge is 2.34. The van der Waals surface area contributed by atoms with Crippen molar-refractivity contribution in [1.29, 1.82) is 0 Å². The van der Waals surface area contributed by atoms with Crippen molar-refractivity contribution in [2.75, 3.05) is 25.7 Å². The van der Waals surface area contributed by atoms with E-state index in [0.29, 0.717) is 43.8 Å². The molecule has 3 rings (SSSR count). The Hall–Kier alpha value is -2.22. The molecule has 146 valence electrons. The van der Waals surface area contributed by atoms with Crippen LogP contribution < -0.4 is 19.1 Å². The van der Waals surface area contributed by atoms with E-state index >= 15 is 0 Å². The zero-order valence-corrected chi connectivity index (χ0v) is 17.9. The monoisotopic (exact) mass is 435 g/mol. The van der Waals surface area contributed by atoms with Crippen LogP contribution in [0.5, 0.6) is 17.2 Å². The van der Waals surface area contributed by atoms with Crippen molar-refractivity contribution in [3.05, 3.63) is 51.9 Å². The van der Waals surface area contributed by atoms with Crippen molar-refractivity contribution in [3.8, 4) is 17.2 Å². The molecule has 0 aromatic heterocycles. The summed E-state index contributed by atoms with van der Waals surface area (Å²) in [6.45, 7) is 2.37. The van der Waals surface area contributed by atoms with E-state index in [1.807, 2.05) is 25.1 Å². The van der Waals surface area contributed by atoms with Gasteiger partial charge < -0.3 is 14.2 Å². The molecule has 8 heteroatoms. The van der Waals surface area contributed by atoms with Crippen molar-refractivity contribution in [2.24, 2.45) is 0 Å². The summed E-state index contributed by atoms with van der Waals surface area (Å²) >= 11 is 12.9. The Bertz CT molecular complexity index is 961. The van der Waals surface area contributed by atoms with Crippen LogP contribution in [0.25, 0.3) is 6.08 Å². The average Bonchev–Trinajstić information content (AvgIpc) is 2.96. The Kier molecular flexibility index (Phi) is 6.49. The van der Waals surface area contributed by atoms with E-state index in [4.69, 9.17) is 38.0 Å². The number of hydrogen-bond acceptors (Lipinski definition) is 6. The van der Waals surface area contributed by atoms with Crippen molar-refractivity contribution in [3.63, 3.8) is 0 Å². The largest absolute Gasteiger partial charge is 0.495 e. The average molecular weight is 436 g/mol. The fraction of sp³-hybridized carbons (Fsp3) is 0.200. The van der Waals surface area contributed by atoms with Crippen LogP contribution in [0.3, 0.4) is 0 Å². The van der Waals surface area contributed by atoms with E-state index in [1.165, 1.54) is 23.8 Å². The molecule has 1 saturated heterocycles. The normalized spacial score (nSPS) is 15.3. The number of rotatable bonds is 6. The third kappa shape index (κ3) is 3.97. The van der Waals surface area contributed by atoms with Crippen LogP contribution in [0.1, 0.15) is 12.5 Å². The fourth-order valence-corrected chi connectivity index (χ4v) is 4.27. The molecule has 0 aliphatic carbocycles. The summed E-state index contributed by atoms with van der Waals surface area (Å²) in [5, 5.41) is 0.407. The van der Waals surface area contributed by atoms with Crippen LogP contribution in [-0.4, -0.2) is 31.1 Å². The molecule has 0 N–H and O–H groups in total. The van der Waals surface area contributed by atoms with Gasteiger partial charge in [0.2, 0.25) is 0 Å². The maximum atomic E-state index is 13.0. The van der Waals surface area contributed by atoms with Gasteiger partial charge in [0.25, 0.3) is 5.91 Å². The summed E-state index contributed by atoms with van der Waals surface area (Å²) in [6, 6.07) is 10.6. The number of thioether (sulfide) groups is 1. The van der Waals surface area contributed by atoms with Crippen LogP contribution in [0.15, 0.2) is 41.3 Å². The van der Waals surface area contributed by atoms with Crippen LogP contribution in [-0.2, 0) is 4.79 Å². The molecule has 0 atom stereocenters. The highest BCUT2D eigenvalue weighted by Crippen LogP contribution is 2.40. The summed E-state index contributed by atoms with van der Waals surface area (Å²) in [5.74, 6) is 1.50. The van der Waals surface area contributed by atoms with Gasteiger partial charge in [0, 0.05) is 5.56 Å². The Morgan fingerprint density at radius 2 is 1.93 bits per heavy atom. The Balaban J connectivity index is 1.97. The second-order valence-corrected chi connectivity index (χ2v) is 7.73. The molecule has 0 bridgehead atoms. The lowest BCUT2D eigenvalue weighted by molar-refractivity contribution is -0.113. The molecule has 2 aromatic carbocycles. The SMILES string of the molecule is CCOc1c(/C=C2/SC(=S)N(c3ccc(OC)c(Cl)c3)C2=O)cccc1OC. The van der Waals surface area contributed by atoms with E-state index < -0.39 is 0 Å². The molecule has 2 aromatic rings. The van der Waals surface area contributed by atoms with Gasteiger partial charge in [0.15, 0.2) is 15.8 Å². The molecule has 1 aliphatic rings. The molecular weight excluding hydrogens is 418 g/mol. The standard InChI is InChI=1S/C20H18ClNO4S2/c1-4-26-18-12(6-5-7-16(18)25-3)10-17-19(23)22(20(27)28-17)13-8-9-15(24-2)14(21)11-13/h5-11H,4H2,1-3H3/b17-10+. The van der Waals surface area contributed by atoms with Gasteiger partial charge in [-0.1, -0.05) is 47.7 Å². The Labute approximate surface area is 178 Å². The molecular formula is C20H18ClNO4S2. The molecule has 28 heavy (non-hydrogen) atoms. The van der Waals surface area contributed by atoms with Crippen LogP contribution >= 0.6 is 35.6 Å². The Morgan fingerprint density at radius 3 is 2.57 bits per heavy atom. The molecule has 0 radical (unpaired) electrons. The van der Waals surface area contributed by atoms with Gasteiger partial charge in [0.05, 0.1) is 36.4 Å². The number of halogens is 1.